The van der Waals surface area contributed by atoms with E-state index in [0.29, 0.717) is 0 Å². The molecule has 0 aromatic heterocycles. The molecule has 0 aliphatic rings. The lowest BCUT2D eigenvalue weighted by Gasteiger charge is -2.23. The molecule has 0 aromatic carbocycles. The van der Waals surface area contributed by atoms with E-state index < -0.39 is 12.3 Å². The van der Waals surface area contributed by atoms with Crippen LogP contribution in [0, 0.1) is 0 Å². The highest BCUT2D eigenvalue weighted by atomic mass is 31.0. The standard InChI is InChI=1S/C3H12N3O2P/c4-3(8)2(1-7)6(5)9/h2-3,7-8H,1,4-5,9H2/t2-,3?/m0/s1. The quantitative estimate of drug-likeness (QED) is 0.157. The Morgan fingerprint density at radius 1 is 1.67 bits per heavy atom. The molecule has 0 aromatic rings. The largest absolute Gasteiger partial charge is 0.395 e. The van der Waals surface area contributed by atoms with E-state index >= 15 is 0 Å². The number of rotatable bonds is 3. The van der Waals surface area contributed by atoms with E-state index in [9.17, 15) is 0 Å². The Kier molecular flexibility index (Phi) is 4.22. The van der Waals surface area contributed by atoms with Crippen LogP contribution < -0.4 is 11.6 Å². The molecule has 6 heteroatoms. The zero-order valence-corrected chi connectivity index (χ0v) is 6.09. The van der Waals surface area contributed by atoms with Gasteiger partial charge in [-0.25, -0.2) is 4.78 Å². The zero-order valence-electron chi connectivity index (χ0n) is 4.94. The molecule has 0 saturated heterocycles. The molecule has 0 saturated carbocycles. The second kappa shape index (κ2) is 4.11. The highest BCUT2D eigenvalue weighted by Gasteiger charge is 2.16. The summed E-state index contributed by atoms with van der Waals surface area (Å²) in [5.41, 5.74) is 5.01. The van der Waals surface area contributed by atoms with Crippen LogP contribution in [0.4, 0.5) is 0 Å². The van der Waals surface area contributed by atoms with Gasteiger partial charge in [-0.15, -0.1) is 0 Å². The summed E-state index contributed by atoms with van der Waals surface area (Å²) in [6.07, 6.45) is -1.11. The molecule has 0 radical (unpaired) electrons. The van der Waals surface area contributed by atoms with Crippen molar-refractivity contribution in [3.8, 4) is 0 Å². The van der Waals surface area contributed by atoms with E-state index in [1.54, 1.807) is 0 Å². The van der Waals surface area contributed by atoms with E-state index in [-0.39, 0.29) is 6.61 Å². The number of nitrogens with two attached hydrogens (primary N) is 2. The zero-order chi connectivity index (χ0) is 7.44. The van der Waals surface area contributed by atoms with E-state index in [4.69, 9.17) is 21.8 Å². The third-order valence-electron chi connectivity index (χ3n) is 0.964. The molecular formula is C3H12N3O2P. The Bertz CT molecular complexity index is 71.5. The summed E-state index contributed by atoms with van der Waals surface area (Å²) < 4.78 is 1.09. The Balaban J connectivity index is 3.68. The summed E-state index contributed by atoms with van der Waals surface area (Å²) in [6, 6.07) is -0.616. The molecule has 0 aliphatic heterocycles. The lowest BCUT2D eigenvalue weighted by molar-refractivity contribution is 0.0609. The summed E-state index contributed by atoms with van der Waals surface area (Å²) >= 11 is 0. The van der Waals surface area contributed by atoms with Gasteiger partial charge in [-0.1, -0.05) is 0 Å². The molecule has 9 heavy (non-hydrogen) atoms. The van der Waals surface area contributed by atoms with Crippen LogP contribution in [-0.4, -0.2) is 33.9 Å². The average Bonchev–Trinajstić information content (AvgIpc) is 1.64. The third-order valence-corrected chi connectivity index (χ3v) is 1.35. The molecule has 0 spiro atoms. The van der Waals surface area contributed by atoms with Crippen LogP contribution in [0.25, 0.3) is 0 Å². The number of hydrazine groups is 1. The first kappa shape index (κ1) is 9.23. The topological polar surface area (TPSA) is 95.7 Å². The Hall–Kier alpha value is 0.230. The lowest BCUT2D eigenvalue weighted by Crippen LogP contribution is -2.48. The van der Waals surface area contributed by atoms with Crippen LogP contribution in [0.5, 0.6) is 0 Å². The van der Waals surface area contributed by atoms with E-state index in [1.807, 2.05) is 0 Å². The van der Waals surface area contributed by atoms with Gasteiger partial charge in [-0.2, -0.15) is 0 Å². The lowest BCUT2D eigenvalue weighted by atomic mass is 10.3. The van der Waals surface area contributed by atoms with Gasteiger partial charge in [-0.05, 0) is 9.39 Å². The first-order chi connectivity index (χ1) is 4.09. The smallest absolute Gasteiger partial charge is 0.122 e. The molecule has 0 rings (SSSR count). The summed E-state index contributed by atoms with van der Waals surface area (Å²) in [5, 5.41) is 17.2. The van der Waals surface area contributed by atoms with E-state index in [0.717, 1.165) is 4.78 Å². The number of nitrogens with zero attached hydrogens (tertiary/aromatic N) is 1. The van der Waals surface area contributed by atoms with Crippen molar-refractivity contribution in [1.82, 2.24) is 4.78 Å². The SMILES string of the molecule is NC(O)[C@H](CO)N(N)P. The fourth-order valence-electron chi connectivity index (χ4n) is 0.379. The molecular weight excluding hydrogens is 141 g/mol. The van der Waals surface area contributed by atoms with Crippen LogP contribution in [0.15, 0.2) is 0 Å². The maximum atomic E-state index is 8.67. The molecule has 0 amide bonds. The van der Waals surface area contributed by atoms with Gasteiger partial charge in [0.2, 0.25) is 0 Å². The normalized spacial score (nSPS) is 18.0. The van der Waals surface area contributed by atoms with E-state index in [1.165, 1.54) is 0 Å². The van der Waals surface area contributed by atoms with Crippen LogP contribution >= 0.6 is 9.39 Å². The molecule has 3 atom stereocenters. The molecule has 0 bridgehead atoms. The number of aliphatic hydroxyl groups excluding tert-OH is 2. The highest BCUT2D eigenvalue weighted by Crippen LogP contribution is 1.99. The fourth-order valence-corrected chi connectivity index (χ4v) is 0.649. The monoisotopic (exact) mass is 153 g/mol. The Labute approximate surface area is 55.9 Å². The second-order valence-corrected chi connectivity index (χ2v) is 2.28. The Morgan fingerprint density at radius 3 is 2.11 bits per heavy atom. The predicted molar refractivity (Wildman–Crippen MR) is 36.8 cm³/mol. The molecule has 0 aliphatic carbocycles. The summed E-state index contributed by atoms with van der Waals surface area (Å²) in [6.45, 7) is -0.266. The maximum Gasteiger partial charge on any atom is 0.122 e. The van der Waals surface area contributed by atoms with Gasteiger partial charge in [0.05, 0.1) is 12.6 Å². The first-order valence-electron chi connectivity index (χ1n) is 2.42. The van der Waals surface area contributed by atoms with Crippen molar-refractivity contribution in [2.24, 2.45) is 11.6 Å². The highest BCUT2D eigenvalue weighted by molar-refractivity contribution is 7.13. The van der Waals surface area contributed by atoms with Gasteiger partial charge in [0, 0.05) is 0 Å². The number of aliphatic hydroxyl groups is 2. The molecule has 6 N–H and O–H groups in total. The van der Waals surface area contributed by atoms with Gasteiger partial charge in [0.15, 0.2) is 0 Å². The van der Waals surface area contributed by atoms with Crippen molar-refractivity contribution >= 4 is 9.39 Å². The van der Waals surface area contributed by atoms with Crippen LogP contribution in [0.3, 0.4) is 0 Å². The number of hydrogen-bond acceptors (Lipinski definition) is 5. The van der Waals surface area contributed by atoms with Crippen LogP contribution in [0.1, 0.15) is 0 Å². The van der Waals surface area contributed by atoms with Gasteiger partial charge < -0.3 is 15.9 Å². The molecule has 2 unspecified atom stereocenters. The van der Waals surface area contributed by atoms with Gasteiger partial charge >= 0.3 is 0 Å². The van der Waals surface area contributed by atoms with Crippen molar-refractivity contribution in [1.29, 1.82) is 0 Å². The summed E-state index contributed by atoms with van der Waals surface area (Å²) in [4.78, 5) is 0. The maximum absolute atomic E-state index is 8.67. The van der Waals surface area contributed by atoms with Crippen LogP contribution in [0.2, 0.25) is 0 Å². The van der Waals surface area contributed by atoms with Crippen molar-refractivity contribution < 1.29 is 10.2 Å². The van der Waals surface area contributed by atoms with Gasteiger partial charge in [0.25, 0.3) is 0 Å². The first-order valence-corrected chi connectivity index (χ1v) is 2.94. The third kappa shape index (κ3) is 3.05. The average molecular weight is 153 g/mol. The molecule has 0 fully saturated rings. The molecule has 56 valence electrons. The van der Waals surface area contributed by atoms with Crippen molar-refractivity contribution in [2.75, 3.05) is 6.61 Å². The minimum absolute atomic E-state index is 0.266. The molecule has 0 heterocycles. The minimum Gasteiger partial charge on any atom is -0.395 e. The Morgan fingerprint density at radius 2 is 2.11 bits per heavy atom. The predicted octanol–water partition coefficient (Wildman–Crippen LogP) is -2.41. The van der Waals surface area contributed by atoms with Crippen molar-refractivity contribution in [3.05, 3.63) is 0 Å². The van der Waals surface area contributed by atoms with Crippen LogP contribution in [-0.2, 0) is 0 Å². The minimum atomic E-state index is -1.11. The van der Waals surface area contributed by atoms with E-state index in [2.05, 4.69) is 9.39 Å². The van der Waals surface area contributed by atoms with Gasteiger partial charge in [-0.3, -0.25) is 5.84 Å². The van der Waals surface area contributed by atoms with Crippen molar-refractivity contribution in [3.63, 3.8) is 0 Å². The van der Waals surface area contributed by atoms with Crippen molar-refractivity contribution in [2.45, 2.75) is 12.3 Å². The number of hydrogen-bond donors (Lipinski definition) is 4. The second-order valence-electron chi connectivity index (χ2n) is 1.69. The summed E-state index contributed by atoms with van der Waals surface area (Å²) in [5.74, 6) is 5.14. The molecule has 5 nitrogen and oxygen atoms in total. The fraction of sp³-hybridized carbons (Fsp3) is 1.00. The summed E-state index contributed by atoms with van der Waals surface area (Å²) in [7, 11) is 2.10. The van der Waals surface area contributed by atoms with Gasteiger partial charge in [0.1, 0.15) is 6.23 Å².